The van der Waals surface area contributed by atoms with Crippen molar-refractivity contribution in [2.24, 2.45) is 0 Å². The number of rotatable bonds is 6. The van der Waals surface area contributed by atoms with E-state index in [1.165, 1.54) is 11.1 Å². The summed E-state index contributed by atoms with van der Waals surface area (Å²) in [5.41, 5.74) is 9.09. The standard InChI is InChI=1S/C50H33FN6/c51-42-28-36(37-16-11-27-52-31-37)25-26-45(42)56-43-19-9-7-17-38(43)40-29-41-39-18-8-10-20-44(39)57(47(41)30-46(40)56)50-54-48(34-14-5-2-6-15-34)53-49(55-50)35-23-21-33(22-24-35)32-12-3-1-4-13-32/h1-23,25-31,35H,24H2. The monoisotopic (exact) mass is 736 g/mol. The van der Waals surface area contributed by atoms with Gasteiger partial charge in [0, 0.05) is 51.0 Å². The smallest absolute Gasteiger partial charge is 0.238 e. The van der Waals surface area contributed by atoms with Crippen molar-refractivity contribution < 1.29 is 4.39 Å². The van der Waals surface area contributed by atoms with E-state index >= 15 is 4.39 Å². The Morgan fingerprint density at radius 3 is 1.88 bits per heavy atom. The maximum atomic E-state index is 16.4. The predicted octanol–water partition coefficient (Wildman–Crippen LogP) is 12.1. The van der Waals surface area contributed by atoms with Crippen LogP contribution in [0.15, 0.2) is 182 Å². The van der Waals surface area contributed by atoms with Gasteiger partial charge in [-0.3, -0.25) is 9.55 Å². The van der Waals surface area contributed by atoms with Crippen LogP contribution in [-0.4, -0.2) is 29.1 Å². The molecule has 11 rings (SSSR count). The SMILES string of the molecule is Fc1cc(-c2cccnc2)ccc1-n1c2ccccc2c2cc3c4ccccc4n(-c4nc(-c5ccccc5)nc(C5C=CC(c6ccccc6)=CC5)n4)c3cc21. The van der Waals surface area contributed by atoms with E-state index in [1.54, 1.807) is 18.5 Å². The highest BCUT2D eigenvalue weighted by molar-refractivity contribution is 6.19. The second-order valence-electron chi connectivity index (χ2n) is 14.4. The lowest BCUT2D eigenvalue weighted by Gasteiger charge is -2.17. The van der Waals surface area contributed by atoms with Gasteiger partial charge >= 0.3 is 0 Å². The quantitative estimate of drug-likeness (QED) is 0.171. The van der Waals surface area contributed by atoms with E-state index in [0.29, 0.717) is 23.3 Å². The minimum atomic E-state index is -0.320. The molecule has 1 aliphatic carbocycles. The van der Waals surface area contributed by atoms with Crippen molar-refractivity contribution >= 4 is 49.2 Å². The fourth-order valence-electron chi connectivity index (χ4n) is 8.33. The van der Waals surface area contributed by atoms with Gasteiger partial charge in [-0.1, -0.05) is 127 Å². The number of hydrogen-bond acceptors (Lipinski definition) is 4. The molecule has 0 saturated heterocycles. The maximum absolute atomic E-state index is 16.4. The number of allylic oxidation sites excluding steroid dienone is 4. The van der Waals surface area contributed by atoms with Crippen LogP contribution in [0.1, 0.15) is 23.7 Å². The molecule has 1 aliphatic rings. The average Bonchev–Trinajstić information content (AvgIpc) is 3.78. The highest BCUT2D eigenvalue weighted by atomic mass is 19.1. The highest BCUT2D eigenvalue weighted by Gasteiger charge is 2.24. The summed E-state index contributed by atoms with van der Waals surface area (Å²) in [6, 6.07) is 50.7. The number of aromatic nitrogens is 6. The third-order valence-electron chi connectivity index (χ3n) is 11.1. The molecule has 0 spiro atoms. The first-order valence-corrected chi connectivity index (χ1v) is 19.1. The fourth-order valence-corrected chi connectivity index (χ4v) is 8.33. The van der Waals surface area contributed by atoms with E-state index in [4.69, 9.17) is 15.0 Å². The number of para-hydroxylation sites is 2. The van der Waals surface area contributed by atoms with Crippen molar-refractivity contribution in [3.05, 3.63) is 199 Å². The molecule has 0 aliphatic heterocycles. The van der Waals surface area contributed by atoms with Gasteiger partial charge in [-0.25, -0.2) is 9.37 Å². The van der Waals surface area contributed by atoms with Crippen LogP contribution in [-0.2, 0) is 0 Å². The third kappa shape index (κ3) is 5.54. The third-order valence-corrected chi connectivity index (χ3v) is 11.1. The summed E-state index contributed by atoms with van der Waals surface area (Å²) in [7, 11) is 0. The van der Waals surface area contributed by atoms with E-state index in [-0.39, 0.29) is 11.7 Å². The molecular weight excluding hydrogens is 704 g/mol. The lowest BCUT2D eigenvalue weighted by molar-refractivity contribution is 0.621. The minimum Gasteiger partial charge on any atom is -0.306 e. The van der Waals surface area contributed by atoms with E-state index in [0.717, 1.165) is 66.7 Å². The van der Waals surface area contributed by atoms with E-state index < -0.39 is 0 Å². The van der Waals surface area contributed by atoms with Crippen LogP contribution in [0.4, 0.5) is 4.39 Å². The molecular formula is C50H33FN6. The van der Waals surface area contributed by atoms with Gasteiger partial charge in [-0.2, -0.15) is 9.97 Å². The van der Waals surface area contributed by atoms with Gasteiger partial charge in [0.25, 0.3) is 0 Å². The fraction of sp³-hybridized carbons (Fsp3) is 0.0400. The Bertz CT molecular complexity index is 3220. The molecule has 1 atom stereocenters. The summed E-state index contributed by atoms with van der Waals surface area (Å²) in [6.07, 6.45) is 10.9. The number of fused-ring (bicyclic) bond motifs is 6. The topological polar surface area (TPSA) is 61.4 Å². The summed E-state index contributed by atoms with van der Waals surface area (Å²) >= 11 is 0. The lowest BCUT2D eigenvalue weighted by atomic mass is 9.92. The van der Waals surface area contributed by atoms with Gasteiger partial charge < -0.3 is 4.57 Å². The second kappa shape index (κ2) is 13.4. The first-order valence-electron chi connectivity index (χ1n) is 19.1. The summed E-state index contributed by atoms with van der Waals surface area (Å²) in [4.78, 5) is 19.8. The van der Waals surface area contributed by atoms with Gasteiger partial charge in [-0.15, -0.1) is 0 Å². The Kier molecular flexibility index (Phi) is 7.70. The Labute approximate surface area is 327 Å². The molecule has 0 bridgehead atoms. The lowest BCUT2D eigenvalue weighted by Crippen LogP contribution is -2.11. The van der Waals surface area contributed by atoms with Gasteiger partial charge in [0.1, 0.15) is 11.6 Å². The second-order valence-corrected chi connectivity index (χ2v) is 14.4. The molecule has 7 heteroatoms. The zero-order valence-corrected chi connectivity index (χ0v) is 30.7. The average molecular weight is 737 g/mol. The molecule has 0 radical (unpaired) electrons. The molecule has 0 saturated carbocycles. The molecule has 0 amide bonds. The van der Waals surface area contributed by atoms with Crippen molar-refractivity contribution in [2.45, 2.75) is 12.3 Å². The van der Waals surface area contributed by atoms with Crippen LogP contribution in [0.3, 0.4) is 0 Å². The van der Waals surface area contributed by atoms with Crippen LogP contribution >= 0.6 is 0 Å². The summed E-state index contributed by atoms with van der Waals surface area (Å²) < 4.78 is 20.6. The van der Waals surface area contributed by atoms with E-state index in [9.17, 15) is 0 Å². The first kappa shape index (κ1) is 32.9. The Hall–Kier alpha value is -7.51. The molecule has 6 nitrogen and oxygen atoms in total. The zero-order chi connectivity index (χ0) is 37.9. The predicted molar refractivity (Wildman–Crippen MR) is 228 cm³/mol. The van der Waals surface area contributed by atoms with Crippen molar-refractivity contribution in [3.8, 4) is 34.2 Å². The molecule has 1 unspecified atom stereocenters. The van der Waals surface area contributed by atoms with Crippen LogP contribution in [0.25, 0.3) is 83.3 Å². The Balaban J connectivity index is 1.14. The minimum absolute atomic E-state index is 0.0402. The zero-order valence-electron chi connectivity index (χ0n) is 30.7. The summed E-state index contributed by atoms with van der Waals surface area (Å²) in [6.45, 7) is 0. The highest BCUT2D eigenvalue weighted by Crippen LogP contribution is 2.40. The van der Waals surface area contributed by atoms with Crippen LogP contribution in [0, 0.1) is 5.82 Å². The van der Waals surface area contributed by atoms with Gasteiger partial charge in [-0.05, 0) is 65.6 Å². The molecule has 57 heavy (non-hydrogen) atoms. The normalized spacial score (nSPS) is 14.2. The largest absolute Gasteiger partial charge is 0.306 e. The van der Waals surface area contributed by atoms with Crippen molar-refractivity contribution in [3.63, 3.8) is 0 Å². The Morgan fingerprint density at radius 1 is 0.526 bits per heavy atom. The summed E-state index contributed by atoms with van der Waals surface area (Å²) in [5, 5.41) is 4.22. The molecule has 0 N–H and O–H groups in total. The molecule has 4 heterocycles. The molecule has 6 aromatic carbocycles. The van der Waals surface area contributed by atoms with Gasteiger partial charge in [0.2, 0.25) is 5.95 Å². The van der Waals surface area contributed by atoms with Crippen LogP contribution in [0.2, 0.25) is 0 Å². The molecule has 4 aromatic heterocycles. The van der Waals surface area contributed by atoms with Crippen LogP contribution < -0.4 is 0 Å². The Morgan fingerprint density at radius 2 is 1.19 bits per heavy atom. The van der Waals surface area contributed by atoms with Crippen molar-refractivity contribution in [1.29, 1.82) is 0 Å². The van der Waals surface area contributed by atoms with E-state index in [1.807, 2.05) is 83.4 Å². The number of hydrogen-bond donors (Lipinski definition) is 0. The number of benzene rings is 6. The molecule has 10 aromatic rings. The molecule has 0 fully saturated rings. The summed E-state index contributed by atoms with van der Waals surface area (Å²) in [5.74, 6) is 1.49. The van der Waals surface area contributed by atoms with Crippen molar-refractivity contribution in [1.82, 2.24) is 29.1 Å². The maximum Gasteiger partial charge on any atom is 0.238 e. The van der Waals surface area contributed by atoms with Gasteiger partial charge in [0.05, 0.1) is 27.8 Å². The number of halogens is 1. The van der Waals surface area contributed by atoms with E-state index in [2.05, 4.69) is 94.5 Å². The van der Waals surface area contributed by atoms with Crippen LogP contribution in [0.5, 0.6) is 0 Å². The molecule has 270 valence electrons. The first-order chi connectivity index (χ1) is 28.2. The van der Waals surface area contributed by atoms with Gasteiger partial charge in [0.15, 0.2) is 5.82 Å². The number of nitrogens with zero attached hydrogens (tertiary/aromatic N) is 6. The van der Waals surface area contributed by atoms with Crippen molar-refractivity contribution in [2.75, 3.05) is 0 Å². The number of pyridine rings is 1.